The minimum atomic E-state index is -0.363. The highest BCUT2D eigenvalue weighted by Crippen LogP contribution is 2.28. The number of aromatic nitrogens is 1. The first-order chi connectivity index (χ1) is 11.2. The third kappa shape index (κ3) is 3.08. The predicted molar refractivity (Wildman–Crippen MR) is 89.4 cm³/mol. The van der Waals surface area contributed by atoms with Gasteiger partial charge in [0.2, 0.25) is 0 Å². The second-order valence-corrected chi connectivity index (χ2v) is 4.94. The van der Waals surface area contributed by atoms with E-state index >= 15 is 0 Å². The zero-order chi connectivity index (χ0) is 16.2. The SMILES string of the molecule is COC(=O)c1cccc(Nc2ccnc3cc(OC)ccc23)c1. The molecule has 0 amide bonds. The smallest absolute Gasteiger partial charge is 0.337 e. The zero-order valence-corrected chi connectivity index (χ0v) is 12.9. The minimum absolute atomic E-state index is 0.363. The second kappa shape index (κ2) is 6.36. The van der Waals surface area contributed by atoms with Crippen LogP contribution in [0.2, 0.25) is 0 Å². The Balaban J connectivity index is 1.97. The maximum atomic E-state index is 11.6. The lowest BCUT2D eigenvalue weighted by Crippen LogP contribution is -2.02. The Morgan fingerprint density at radius 3 is 2.74 bits per heavy atom. The van der Waals surface area contributed by atoms with Crippen molar-refractivity contribution in [1.29, 1.82) is 0 Å². The molecule has 5 nitrogen and oxygen atoms in total. The van der Waals surface area contributed by atoms with E-state index in [4.69, 9.17) is 9.47 Å². The Morgan fingerprint density at radius 2 is 1.96 bits per heavy atom. The quantitative estimate of drug-likeness (QED) is 0.743. The highest BCUT2D eigenvalue weighted by atomic mass is 16.5. The van der Waals surface area contributed by atoms with Gasteiger partial charge in [-0.3, -0.25) is 4.98 Å². The summed E-state index contributed by atoms with van der Waals surface area (Å²) in [6.07, 6.45) is 1.73. The largest absolute Gasteiger partial charge is 0.497 e. The number of rotatable bonds is 4. The average Bonchev–Trinajstić information content (AvgIpc) is 2.61. The van der Waals surface area contributed by atoms with Gasteiger partial charge >= 0.3 is 5.97 Å². The van der Waals surface area contributed by atoms with E-state index in [0.29, 0.717) is 5.56 Å². The Labute approximate surface area is 133 Å². The highest BCUT2D eigenvalue weighted by Gasteiger charge is 2.07. The van der Waals surface area contributed by atoms with Crippen LogP contribution >= 0.6 is 0 Å². The summed E-state index contributed by atoms with van der Waals surface area (Å²) in [6.45, 7) is 0. The van der Waals surface area contributed by atoms with E-state index in [1.165, 1.54) is 7.11 Å². The molecule has 0 bridgehead atoms. The van der Waals surface area contributed by atoms with Crippen LogP contribution in [0.25, 0.3) is 10.9 Å². The molecule has 23 heavy (non-hydrogen) atoms. The number of nitrogens with one attached hydrogen (secondary N) is 1. The van der Waals surface area contributed by atoms with Gasteiger partial charge < -0.3 is 14.8 Å². The number of methoxy groups -OCH3 is 2. The summed E-state index contributed by atoms with van der Waals surface area (Å²) in [5.74, 6) is 0.396. The summed E-state index contributed by atoms with van der Waals surface area (Å²) >= 11 is 0. The number of nitrogens with zero attached hydrogens (tertiary/aromatic N) is 1. The molecule has 1 N–H and O–H groups in total. The lowest BCUT2D eigenvalue weighted by atomic mass is 10.1. The molecule has 3 rings (SSSR count). The summed E-state index contributed by atoms with van der Waals surface area (Å²) in [5, 5.41) is 4.28. The molecule has 2 aromatic carbocycles. The first-order valence-electron chi connectivity index (χ1n) is 7.09. The number of fused-ring (bicyclic) bond motifs is 1. The lowest BCUT2D eigenvalue weighted by molar-refractivity contribution is 0.0601. The molecule has 0 aliphatic rings. The van der Waals surface area contributed by atoms with Crippen LogP contribution in [0.3, 0.4) is 0 Å². The van der Waals surface area contributed by atoms with Gasteiger partial charge in [0.05, 0.1) is 25.3 Å². The highest BCUT2D eigenvalue weighted by molar-refractivity contribution is 5.95. The number of benzene rings is 2. The van der Waals surface area contributed by atoms with Gasteiger partial charge in [-0.15, -0.1) is 0 Å². The van der Waals surface area contributed by atoms with Crippen LogP contribution in [0.4, 0.5) is 11.4 Å². The van der Waals surface area contributed by atoms with Gasteiger partial charge in [-0.25, -0.2) is 4.79 Å². The third-order valence-electron chi connectivity index (χ3n) is 3.51. The summed E-state index contributed by atoms with van der Waals surface area (Å²) in [7, 11) is 2.99. The van der Waals surface area contributed by atoms with Crippen molar-refractivity contribution in [1.82, 2.24) is 4.98 Å². The number of hydrogen-bond acceptors (Lipinski definition) is 5. The molecule has 116 valence electrons. The molecule has 5 heteroatoms. The van der Waals surface area contributed by atoms with E-state index in [1.807, 2.05) is 30.3 Å². The summed E-state index contributed by atoms with van der Waals surface area (Å²) in [4.78, 5) is 16.0. The zero-order valence-electron chi connectivity index (χ0n) is 12.9. The van der Waals surface area contributed by atoms with Crippen molar-refractivity contribution < 1.29 is 14.3 Å². The van der Waals surface area contributed by atoms with Crippen molar-refractivity contribution in [3.8, 4) is 5.75 Å². The average molecular weight is 308 g/mol. The number of anilines is 2. The van der Waals surface area contributed by atoms with E-state index in [1.54, 1.807) is 31.5 Å². The van der Waals surface area contributed by atoms with Crippen LogP contribution < -0.4 is 10.1 Å². The molecule has 0 saturated heterocycles. The van der Waals surface area contributed by atoms with Crippen LogP contribution in [-0.2, 0) is 4.74 Å². The summed E-state index contributed by atoms with van der Waals surface area (Å²) in [6, 6.07) is 14.8. The molecule has 0 aliphatic carbocycles. The Bertz CT molecular complexity index is 862. The second-order valence-electron chi connectivity index (χ2n) is 4.94. The molecule has 0 radical (unpaired) electrons. The van der Waals surface area contributed by atoms with Gasteiger partial charge in [0, 0.05) is 29.0 Å². The van der Waals surface area contributed by atoms with Crippen LogP contribution in [0.5, 0.6) is 5.75 Å². The molecule has 0 atom stereocenters. The van der Waals surface area contributed by atoms with E-state index in [2.05, 4.69) is 10.3 Å². The normalized spacial score (nSPS) is 10.3. The standard InChI is InChI=1S/C18H16N2O3/c1-22-14-6-7-15-16(8-9-19-17(15)11-14)20-13-5-3-4-12(10-13)18(21)23-2/h3-11H,1-2H3,(H,19,20). The fourth-order valence-corrected chi connectivity index (χ4v) is 2.36. The maximum Gasteiger partial charge on any atom is 0.337 e. The molecule has 0 saturated carbocycles. The van der Waals surface area contributed by atoms with Gasteiger partial charge in [-0.2, -0.15) is 0 Å². The number of ether oxygens (including phenoxy) is 2. The number of carbonyl (C=O) groups excluding carboxylic acids is 1. The van der Waals surface area contributed by atoms with Crippen LogP contribution in [0.1, 0.15) is 10.4 Å². The maximum absolute atomic E-state index is 11.6. The molecule has 0 fully saturated rings. The lowest BCUT2D eigenvalue weighted by Gasteiger charge is -2.11. The Hall–Kier alpha value is -3.08. The number of hydrogen-bond donors (Lipinski definition) is 1. The van der Waals surface area contributed by atoms with E-state index in [9.17, 15) is 4.79 Å². The molecule has 3 aromatic rings. The molecule has 1 aromatic heterocycles. The van der Waals surface area contributed by atoms with Crippen molar-refractivity contribution in [2.75, 3.05) is 19.5 Å². The van der Waals surface area contributed by atoms with Gasteiger partial charge in [0.25, 0.3) is 0 Å². The fourth-order valence-electron chi connectivity index (χ4n) is 2.36. The van der Waals surface area contributed by atoms with Crippen LogP contribution in [-0.4, -0.2) is 25.2 Å². The fraction of sp³-hybridized carbons (Fsp3) is 0.111. The van der Waals surface area contributed by atoms with Crippen molar-refractivity contribution in [2.24, 2.45) is 0 Å². The molecule has 1 heterocycles. The van der Waals surface area contributed by atoms with E-state index in [-0.39, 0.29) is 5.97 Å². The van der Waals surface area contributed by atoms with E-state index < -0.39 is 0 Å². The molecular formula is C18H16N2O3. The van der Waals surface area contributed by atoms with Gasteiger partial charge in [0.1, 0.15) is 5.75 Å². The Morgan fingerprint density at radius 1 is 1.09 bits per heavy atom. The minimum Gasteiger partial charge on any atom is -0.497 e. The number of pyridine rings is 1. The third-order valence-corrected chi connectivity index (χ3v) is 3.51. The van der Waals surface area contributed by atoms with Crippen molar-refractivity contribution in [3.63, 3.8) is 0 Å². The number of carbonyl (C=O) groups is 1. The molecule has 0 unspecified atom stereocenters. The number of esters is 1. The van der Waals surface area contributed by atoms with Gasteiger partial charge in [-0.1, -0.05) is 6.07 Å². The predicted octanol–water partition coefficient (Wildman–Crippen LogP) is 3.77. The van der Waals surface area contributed by atoms with Crippen molar-refractivity contribution >= 4 is 28.2 Å². The van der Waals surface area contributed by atoms with Crippen molar-refractivity contribution in [2.45, 2.75) is 0 Å². The van der Waals surface area contributed by atoms with Crippen LogP contribution in [0, 0.1) is 0 Å². The van der Waals surface area contributed by atoms with Gasteiger partial charge in [0.15, 0.2) is 0 Å². The molecule has 0 aliphatic heterocycles. The monoisotopic (exact) mass is 308 g/mol. The molecular weight excluding hydrogens is 292 g/mol. The van der Waals surface area contributed by atoms with Crippen molar-refractivity contribution in [3.05, 3.63) is 60.3 Å². The van der Waals surface area contributed by atoms with Crippen LogP contribution in [0.15, 0.2) is 54.7 Å². The summed E-state index contributed by atoms with van der Waals surface area (Å²) in [5.41, 5.74) is 3.03. The van der Waals surface area contributed by atoms with E-state index in [0.717, 1.165) is 28.0 Å². The molecule has 0 spiro atoms. The summed E-state index contributed by atoms with van der Waals surface area (Å²) < 4.78 is 9.97. The topological polar surface area (TPSA) is 60.5 Å². The first kappa shape index (κ1) is 14.8. The Kier molecular flexibility index (Phi) is 4.10. The first-order valence-corrected chi connectivity index (χ1v) is 7.09. The van der Waals surface area contributed by atoms with Gasteiger partial charge in [-0.05, 0) is 36.4 Å².